The molecule has 0 saturated carbocycles. The maximum atomic E-state index is 11.3. The minimum atomic E-state index is -4.66. The first kappa shape index (κ1) is 12.5. The van der Waals surface area contributed by atoms with Crippen molar-refractivity contribution in [2.45, 2.75) is 19.3 Å². The third kappa shape index (κ3) is 3.51. The Bertz CT molecular complexity index is 451. The lowest BCUT2D eigenvalue weighted by molar-refractivity contribution is -0.116. The van der Waals surface area contributed by atoms with Crippen LogP contribution in [-0.4, -0.2) is 24.9 Å². The van der Waals surface area contributed by atoms with E-state index < -0.39 is 22.3 Å². The summed E-state index contributed by atoms with van der Waals surface area (Å²) in [5.41, 5.74) is 4.73. The van der Waals surface area contributed by atoms with Crippen molar-refractivity contribution < 1.29 is 26.7 Å². The fourth-order valence-corrected chi connectivity index (χ4v) is 1.80. The molecule has 4 N–H and O–H groups in total. The predicted octanol–water partition coefficient (Wildman–Crippen LogP) is -0.561. The van der Waals surface area contributed by atoms with Gasteiger partial charge in [0.15, 0.2) is 0 Å². The Morgan fingerprint density at radius 1 is 1.38 bits per heavy atom. The summed E-state index contributed by atoms with van der Waals surface area (Å²) >= 11 is 0. The fourth-order valence-electron chi connectivity index (χ4n) is 1.36. The van der Waals surface area contributed by atoms with Crippen LogP contribution in [0.3, 0.4) is 0 Å². The number of hydrogen-bond donors (Lipinski definition) is 3. The van der Waals surface area contributed by atoms with Crippen LogP contribution in [0.15, 0.2) is 11.3 Å². The Morgan fingerprint density at radius 2 is 2.00 bits per heavy atom. The van der Waals surface area contributed by atoms with Gasteiger partial charge in [-0.2, -0.15) is 8.42 Å². The van der Waals surface area contributed by atoms with Crippen molar-refractivity contribution in [2.24, 2.45) is 5.73 Å². The summed E-state index contributed by atoms with van der Waals surface area (Å²) in [6.45, 7) is 0. The second-order valence-electron chi connectivity index (χ2n) is 3.08. The summed E-state index contributed by atoms with van der Waals surface area (Å²) in [6.07, 6.45) is 0.942. The van der Waals surface area contributed by atoms with E-state index in [1.54, 1.807) is 5.32 Å². The summed E-state index contributed by atoms with van der Waals surface area (Å²) in [7, 11) is -4.66. The molecule has 0 fully saturated rings. The molecule has 0 bridgehead atoms. The van der Waals surface area contributed by atoms with Gasteiger partial charge in [0, 0.05) is 6.42 Å². The van der Waals surface area contributed by atoms with Crippen molar-refractivity contribution >= 4 is 22.3 Å². The Labute approximate surface area is 91.4 Å². The van der Waals surface area contributed by atoms with Crippen molar-refractivity contribution in [3.05, 3.63) is 11.3 Å². The van der Waals surface area contributed by atoms with E-state index in [9.17, 15) is 18.0 Å². The van der Waals surface area contributed by atoms with E-state index in [1.165, 1.54) is 0 Å². The highest BCUT2D eigenvalue weighted by molar-refractivity contribution is 7.81. The number of carbonyl (C=O) groups excluding carboxylic acids is 2. The van der Waals surface area contributed by atoms with Gasteiger partial charge in [0.2, 0.25) is 0 Å². The van der Waals surface area contributed by atoms with E-state index in [0.717, 1.165) is 0 Å². The molecular formula is C7H10N2O6S. The highest BCUT2D eigenvalue weighted by Gasteiger charge is 2.26. The molecule has 3 amide bonds. The molecule has 0 atom stereocenters. The number of nitrogens with one attached hydrogen (secondary N) is 1. The first-order chi connectivity index (χ1) is 7.29. The van der Waals surface area contributed by atoms with Gasteiger partial charge in [-0.1, -0.05) is 0 Å². The van der Waals surface area contributed by atoms with Crippen LogP contribution in [0.4, 0.5) is 4.79 Å². The standard InChI is InChI=1S/C7H10N2O6S/c8-7(11)9-6(10)4-2-1-3-5(4)15-16(12,13)14/h1-3H2,(H,12,13,14)(H3,8,9,10,11). The largest absolute Gasteiger partial charge is 0.446 e. The zero-order valence-electron chi connectivity index (χ0n) is 8.10. The first-order valence-electron chi connectivity index (χ1n) is 4.29. The van der Waals surface area contributed by atoms with E-state index in [1.807, 2.05) is 0 Å². The SMILES string of the molecule is NC(=O)NC(=O)C1=C(OS(=O)(=O)O)CCC1. The number of urea groups is 1. The van der Waals surface area contributed by atoms with Crippen molar-refractivity contribution in [2.75, 3.05) is 0 Å². The molecule has 0 heterocycles. The molecule has 9 heteroatoms. The lowest BCUT2D eigenvalue weighted by atomic mass is 10.2. The quantitative estimate of drug-likeness (QED) is 0.574. The smallest absolute Gasteiger partial charge is 0.366 e. The molecule has 16 heavy (non-hydrogen) atoms. The molecule has 0 spiro atoms. The van der Waals surface area contributed by atoms with Gasteiger partial charge in [-0.25, -0.2) is 4.79 Å². The van der Waals surface area contributed by atoms with Crippen LogP contribution in [-0.2, 0) is 19.4 Å². The number of primary amides is 1. The molecule has 8 nitrogen and oxygen atoms in total. The van der Waals surface area contributed by atoms with Gasteiger partial charge in [-0.3, -0.25) is 14.7 Å². The Kier molecular flexibility index (Phi) is 3.50. The van der Waals surface area contributed by atoms with E-state index in [2.05, 4.69) is 4.18 Å². The molecule has 0 aliphatic heterocycles. The van der Waals surface area contributed by atoms with Crippen molar-refractivity contribution in [1.29, 1.82) is 0 Å². The number of hydrogen-bond acceptors (Lipinski definition) is 5. The third-order valence-corrected chi connectivity index (χ3v) is 2.30. The van der Waals surface area contributed by atoms with Crippen LogP contribution in [0.25, 0.3) is 0 Å². The molecule has 0 saturated heterocycles. The Hall–Kier alpha value is -1.61. The topological polar surface area (TPSA) is 136 Å². The van der Waals surface area contributed by atoms with Gasteiger partial charge in [0.1, 0.15) is 5.76 Å². The van der Waals surface area contributed by atoms with Gasteiger partial charge in [0.05, 0.1) is 5.57 Å². The van der Waals surface area contributed by atoms with E-state index >= 15 is 0 Å². The minimum absolute atomic E-state index is 0.00331. The third-order valence-electron chi connectivity index (χ3n) is 1.88. The first-order valence-corrected chi connectivity index (χ1v) is 5.66. The number of carbonyl (C=O) groups is 2. The number of rotatable bonds is 3. The average molecular weight is 250 g/mol. The van der Waals surface area contributed by atoms with E-state index in [0.29, 0.717) is 6.42 Å². The minimum Gasteiger partial charge on any atom is -0.366 e. The highest BCUT2D eigenvalue weighted by Crippen LogP contribution is 2.27. The van der Waals surface area contributed by atoms with Gasteiger partial charge in [-0.05, 0) is 12.8 Å². The monoisotopic (exact) mass is 250 g/mol. The van der Waals surface area contributed by atoms with Crippen molar-refractivity contribution in [3.63, 3.8) is 0 Å². The summed E-state index contributed by atoms with van der Waals surface area (Å²) < 4.78 is 33.6. The van der Waals surface area contributed by atoms with Crippen molar-refractivity contribution in [3.8, 4) is 0 Å². The molecule has 1 aliphatic rings. The highest BCUT2D eigenvalue weighted by atomic mass is 32.3. The zero-order valence-corrected chi connectivity index (χ0v) is 8.91. The summed E-state index contributed by atoms with van der Waals surface area (Å²) in [5, 5.41) is 1.79. The van der Waals surface area contributed by atoms with Gasteiger partial charge < -0.3 is 9.92 Å². The Balaban J connectivity index is 2.87. The lowest BCUT2D eigenvalue weighted by Gasteiger charge is -2.05. The summed E-state index contributed by atoms with van der Waals surface area (Å²) in [4.78, 5) is 21.7. The van der Waals surface area contributed by atoms with Crippen LogP contribution >= 0.6 is 0 Å². The average Bonchev–Trinajstić information content (AvgIpc) is 2.47. The van der Waals surface area contributed by atoms with Crippen molar-refractivity contribution in [1.82, 2.24) is 5.32 Å². The number of amides is 3. The summed E-state index contributed by atoms with van der Waals surface area (Å²) in [6, 6.07) is -1.05. The summed E-state index contributed by atoms with van der Waals surface area (Å²) in [5.74, 6) is -0.982. The molecule has 0 radical (unpaired) electrons. The molecule has 0 aromatic rings. The molecule has 90 valence electrons. The second-order valence-corrected chi connectivity index (χ2v) is 4.11. The van der Waals surface area contributed by atoms with Crippen LogP contribution < -0.4 is 11.1 Å². The maximum absolute atomic E-state index is 11.3. The van der Waals surface area contributed by atoms with Crippen LogP contribution in [0.5, 0.6) is 0 Å². The molecule has 0 aromatic carbocycles. The van der Waals surface area contributed by atoms with E-state index in [-0.39, 0.29) is 24.2 Å². The molecule has 0 aromatic heterocycles. The van der Waals surface area contributed by atoms with Gasteiger partial charge in [0.25, 0.3) is 5.91 Å². The second kappa shape index (κ2) is 4.49. The maximum Gasteiger partial charge on any atom is 0.446 e. The number of imide groups is 1. The molecule has 1 rings (SSSR count). The predicted molar refractivity (Wildman–Crippen MR) is 51.2 cm³/mol. The van der Waals surface area contributed by atoms with Crippen LogP contribution in [0.1, 0.15) is 19.3 Å². The number of allylic oxidation sites excluding steroid dienone is 1. The van der Waals surface area contributed by atoms with Crippen LogP contribution in [0.2, 0.25) is 0 Å². The molecule has 1 aliphatic carbocycles. The van der Waals surface area contributed by atoms with Gasteiger partial charge in [-0.15, -0.1) is 0 Å². The Morgan fingerprint density at radius 3 is 2.50 bits per heavy atom. The van der Waals surface area contributed by atoms with Crippen LogP contribution in [0, 0.1) is 0 Å². The molecule has 0 unspecified atom stereocenters. The van der Waals surface area contributed by atoms with Gasteiger partial charge >= 0.3 is 16.4 Å². The lowest BCUT2D eigenvalue weighted by Crippen LogP contribution is -2.36. The molecular weight excluding hydrogens is 240 g/mol. The number of nitrogens with two attached hydrogens (primary N) is 1. The normalized spacial score (nSPS) is 16.1. The zero-order chi connectivity index (χ0) is 12.3. The van der Waals surface area contributed by atoms with E-state index in [4.69, 9.17) is 10.3 Å². The fraction of sp³-hybridized carbons (Fsp3) is 0.429.